The average Bonchev–Trinajstić information content (AvgIpc) is 2.48. The van der Waals surface area contributed by atoms with Gasteiger partial charge >= 0.3 is 0 Å². The van der Waals surface area contributed by atoms with Crippen LogP contribution in [0.4, 0.5) is 5.69 Å². The molecule has 1 aliphatic rings. The summed E-state index contributed by atoms with van der Waals surface area (Å²) in [6, 6.07) is 7.46. The van der Waals surface area contributed by atoms with Crippen LogP contribution in [-0.2, 0) is 9.84 Å². The van der Waals surface area contributed by atoms with Crippen molar-refractivity contribution in [2.75, 3.05) is 24.2 Å². The molecule has 1 aromatic carbocycles. The number of hydrogen-bond acceptors (Lipinski definition) is 4. The molecule has 1 aliphatic heterocycles. The molecule has 1 aromatic rings. The smallest absolute Gasteiger partial charge is 0.180 e. The maximum absolute atomic E-state index is 12.1. The van der Waals surface area contributed by atoms with Gasteiger partial charge in [0, 0.05) is 6.04 Å². The molecule has 4 nitrogen and oxygen atoms in total. The molecule has 2 N–H and O–H groups in total. The minimum absolute atomic E-state index is 0.130. The van der Waals surface area contributed by atoms with Gasteiger partial charge in [-0.25, -0.2) is 8.42 Å². The van der Waals surface area contributed by atoms with Crippen molar-refractivity contribution in [3.8, 4) is 0 Å². The van der Waals surface area contributed by atoms with E-state index in [1.54, 1.807) is 19.1 Å². The molecule has 1 saturated heterocycles. The number of anilines is 1. The van der Waals surface area contributed by atoms with E-state index in [9.17, 15) is 8.42 Å². The summed E-state index contributed by atoms with van der Waals surface area (Å²) in [6.45, 7) is 5.90. The first-order valence-corrected chi connectivity index (χ1v) is 8.99. The summed E-state index contributed by atoms with van der Waals surface area (Å²) in [5, 5.41) is 6.80. The lowest BCUT2D eigenvalue weighted by atomic mass is 9.92. The summed E-state index contributed by atoms with van der Waals surface area (Å²) in [4.78, 5) is 0.415. The van der Waals surface area contributed by atoms with Crippen molar-refractivity contribution < 1.29 is 8.42 Å². The molecule has 0 aliphatic carbocycles. The topological polar surface area (TPSA) is 58.2 Å². The van der Waals surface area contributed by atoms with E-state index in [0.29, 0.717) is 10.8 Å². The van der Waals surface area contributed by atoms with Crippen molar-refractivity contribution in [2.45, 2.75) is 37.6 Å². The van der Waals surface area contributed by atoms with Crippen molar-refractivity contribution in [2.24, 2.45) is 5.92 Å². The van der Waals surface area contributed by atoms with Gasteiger partial charge in [-0.1, -0.05) is 19.1 Å². The van der Waals surface area contributed by atoms with E-state index in [1.165, 1.54) is 12.8 Å². The summed E-state index contributed by atoms with van der Waals surface area (Å²) in [5.74, 6) is 0.673. The van der Waals surface area contributed by atoms with Crippen LogP contribution in [0.25, 0.3) is 0 Å². The molecule has 2 rings (SSSR count). The summed E-state index contributed by atoms with van der Waals surface area (Å²) < 4.78 is 24.3. The van der Waals surface area contributed by atoms with Gasteiger partial charge in [-0.15, -0.1) is 0 Å². The number of para-hydroxylation sites is 1. The molecular weight excluding hydrogens is 272 g/mol. The lowest BCUT2D eigenvalue weighted by Crippen LogP contribution is -2.39. The minimum atomic E-state index is -3.18. The molecule has 0 radical (unpaired) electrons. The van der Waals surface area contributed by atoms with Gasteiger partial charge in [0.1, 0.15) is 0 Å². The Balaban J connectivity index is 2.17. The molecule has 1 heterocycles. The van der Waals surface area contributed by atoms with Gasteiger partial charge in [0.2, 0.25) is 0 Å². The van der Waals surface area contributed by atoms with Crippen molar-refractivity contribution in [1.29, 1.82) is 0 Å². The summed E-state index contributed by atoms with van der Waals surface area (Å²) in [6.07, 6.45) is 2.37. The van der Waals surface area contributed by atoms with Crippen LogP contribution < -0.4 is 10.6 Å². The van der Waals surface area contributed by atoms with Crippen LogP contribution >= 0.6 is 0 Å². The first kappa shape index (κ1) is 15.3. The monoisotopic (exact) mass is 296 g/mol. The molecule has 1 fully saturated rings. The average molecular weight is 296 g/mol. The van der Waals surface area contributed by atoms with Gasteiger partial charge in [-0.2, -0.15) is 0 Å². The highest BCUT2D eigenvalue weighted by Crippen LogP contribution is 2.25. The van der Waals surface area contributed by atoms with Crippen LogP contribution in [0.1, 0.15) is 26.7 Å². The highest BCUT2D eigenvalue weighted by atomic mass is 32.2. The van der Waals surface area contributed by atoms with Crippen molar-refractivity contribution >= 4 is 15.5 Å². The molecular formula is C15H24N2O2S. The molecule has 0 spiro atoms. The minimum Gasteiger partial charge on any atom is -0.381 e. The highest BCUT2D eigenvalue weighted by molar-refractivity contribution is 7.91. The summed E-state index contributed by atoms with van der Waals surface area (Å²) in [5.41, 5.74) is 0.729. The quantitative estimate of drug-likeness (QED) is 0.875. The fourth-order valence-electron chi connectivity index (χ4n) is 2.68. The predicted octanol–water partition coefficient (Wildman–Crippen LogP) is 2.28. The lowest BCUT2D eigenvalue weighted by molar-refractivity contribution is 0.347. The van der Waals surface area contributed by atoms with Crippen LogP contribution in [-0.4, -0.2) is 33.3 Å². The second kappa shape index (κ2) is 6.59. The molecule has 0 saturated carbocycles. The number of rotatable bonds is 5. The number of hydrogen-bond donors (Lipinski definition) is 2. The molecule has 0 aromatic heterocycles. The Bertz CT molecular complexity index is 537. The third kappa shape index (κ3) is 3.52. The highest BCUT2D eigenvalue weighted by Gasteiger charge is 2.22. The summed E-state index contributed by atoms with van der Waals surface area (Å²) >= 11 is 0. The zero-order valence-corrected chi connectivity index (χ0v) is 13.0. The Hall–Kier alpha value is -1.07. The van der Waals surface area contributed by atoms with Crippen LogP contribution in [0.3, 0.4) is 0 Å². The zero-order chi connectivity index (χ0) is 14.6. The second-order valence-electron chi connectivity index (χ2n) is 5.44. The molecule has 2 atom stereocenters. The first-order chi connectivity index (χ1) is 9.54. The van der Waals surface area contributed by atoms with Crippen LogP contribution in [0, 0.1) is 5.92 Å². The zero-order valence-electron chi connectivity index (χ0n) is 12.2. The maximum Gasteiger partial charge on any atom is 0.180 e. The Kier molecular flexibility index (Phi) is 5.05. The fourth-order valence-corrected chi connectivity index (χ4v) is 3.74. The Morgan fingerprint density at radius 1 is 1.40 bits per heavy atom. The second-order valence-corrected chi connectivity index (χ2v) is 7.69. The third-order valence-corrected chi connectivity index (χ3v) is 5.81. The van der Waals surface area contributed by atoms with E-state index in [0.717, 1.165) is 18.8 Å². The van der Waals surface area contributed by atoms with Gasteiger partial charge < -0.3 is 10.6 Å². The van der Waals surface area contributed by atoms with E-state index in [4.69, 9.17) is 0 Å². The number of nitrogens with one attached hydrogen (secondary N) is 2. The fraction of sp³-hybridized carbons (Fsp3) is 0.600. The first-order valence-electron chi connectivity index (χ1n) is 7.33. The number of benzene rings is 1. The van der Waals surface area contributed by atoms with Gasteiger partial charge in [0.05, 0.1) is 16.3 Å². The van der Waals surface area contributed by atoms with E-state index in [2.05, 4.69) is 17.6 Å². The van der Waals surface area contributed by atoms with Gasteiger partial charge in [-0.3, -0.25) is 0 Å². The van der Waals surface area contributed by atoms with E-state index >= 15 is 0 Å². The van der Waals surface area contributed by atoms with Crippen molar-refractivity contribution in [1.82, 2.24) is 5.32 Å². The normalized spacial score (nSPS) is 21.4. The van der Waals surface area contributed by atoms with Crippen LogP contribution in [0.5, 0.6) is 0 Å². The Labute approximate surface area is 121 Å². The molecule has 20 heavy (non-hydrogen) atoms. The van der Waals surface area contributed by atoms with Crippen LogP contribution in [0.15, 0.2) is 29.2 Å². The Morgan fingerprint density at radius 2 is 2.15 bits per heavy atom. The van der Waals surface area contributed by atoms with Gasteiger partial charge in [-0.05, 0) is 50.9 Å². The standard InChI is InChI=1S/C15H24N2O2S/c1-3-20(18,19)15-9-5-4-8-14(15)17-12(2)13-7-6-10-16-11-13/h4-5,8-9,12-13,16-17H,3,6-7,10-11H2,1-2H3. The number of piperidine rings is 1. The Morgan fingerprint density at radius 3 is 2.80 bits per heavy atom. The molecule has 0 amide bonds. The maximum atomic E-state index is 12.1. The van der Waals surface area contributed by atoms with Crippen LogP contribution in [0.2, 0.25) is 0 Å². The predicted molar refractivity (Wildman–Crippen MR) is 82.8 cm³/mol. The van der Waals surface area contributed by atoms with Gasteiger partial charge in [0.15, 0.2) is 9.84 Å². The molecule has 112 valence electrons. The molecule has 2 unspecified atom stereocenters. The lowest BCUT2D eigenvalue weighted by Gasteiger charge is -2.30. The number of sulfone groups is 1. The summed E-state index contributed by atoms with van der Waals surface area (Å²) in [7, 11) is -3.18. The van der Waals surface area contributed by atoms with E-state index in [1.807, 2.05) is 12.1 Å². The van der Waals surface area contributed by atoms with Crippen molar-refractivity contribution in [3.63, 3.8) is 0 Å². The van der Waals surface area contributed by atoms with Crippen molar-refractivity contribution in [3.05, 3.63) is 24.3 Å². The molecule has 5 heteroatoms. The van der Waals surface area contributed by atoms with E-state index < -0.39 is 9.84 Å². The third-order valence-electron chi connectivity index (χ3n) is 4.03. The molecule has 0 bridgehead atoms. The van der Waals surface area contributed by atoms with Gasteiger partial charge in [0.25, 0.3) is 0 Å². The largest absolute Gasteiger partial charge is 0.381 e. The SMILES string of the molecule is CCS(=O)(=O)c1ccccc1NC(C)C1CCCNC1. The van der Waals surface area contributed by atoms with E-state index in [-0.39, 0.29) is 11.8 Å².